The van der Waals surface area contributed by atoms with Crippen LogP contribution < -0.4 is 14.8 Å². The lowest BCUT2D eigenvalue weighted by Crippen LogP contribution is -2.77. The number of piperidine rings is 2. The van der Waals surface area contributed by atoms with Crippen LogP contribution in [-0.2, 0) is 68.0 Å². The van der Waals surface area contributed by atoms with E-state index in [-0.39, 0.29) is 105 Å². The zero-order valence-electron chi connectivity index (χ0n) is 61.9. The lowest BCUT2D eigenvalue weighted by molar-refractivity contribution is -0.294. The zero-order chi connectivity index (χ0) is 69.8. The lowest BCUT2D eigenvalue weighted by Gasteiger charge is -2.66. The van der Waals surface area contributed by atoms with Gasteiger partial charge in [-0.15, -0.1) is 0 Å². The number of rotatable bonds is 12. The summed E-state index contributed by atoms with van der Waals surface area (Å²) in [6, 6.07) is 28.0. The Hall–Kier alpha value is -6.03. The molecule has 1 N–H and O–H groups in total. The minimum absolute atomic E-state index is 0. The molecule has 3 atom stereocenters. The van der Waals surface area contributed by atoms with Crippen molar-refractivity contribution in [2.75, 3.05) is 7.05 Å². The number of imide groups is 2. The van der Waals surface area contributed by atoms with Crippen LogP contribution in [0.3, 0.4) is 0 Å². The van der Waals surface area contributed by atoms with E-state index >= 15 is 0 Å². The molecule has 6 aliphatic rings. The number of fused-ring (bicyclic) bond motifs is 2. The number of ether oxygens (including phenoxy) is 4. The summed E-state index contributed by atoms with van der Waals surface area (Å²) in [7, 11) is 1.51. The first-order valence-electron chi connectivity index (χ1n) is 33.2. The molecule has 4 saturated heterocycles. The predicted octanol–water partition coefficient (Wildman–Crippen LogP) is 14.3. The Kier molecular flexibility index (Phi) is 19.4. The van der Waals surface area contributed by atoms with Crippen LogP contribution in [-0.4, -0.2) is 123 Å². The summed E-state index contributed by atoms with van der Waals surface area (Å²) in [6.07, 6.45) is 0. The molecule has 10 rings (SSSR count). The maximum Gasteiger partial charge on any atom is 0.255 e. The van der Waals surface area contributed by atoms with Crippen LogP contribution in [0.4, 0.5) is 0 Å². The van der Waals surface area contributed by atoms with Gasteiger partial charge in [0.15, 0.2) is 0 Å². The molecule has 0 aromatic heterocycles. The van der Waals surface area contributed by atoms with Gasteiger partial charge in [-0.3, -0.25) is 48.8 Å². The van der Waals surface area contributed by atoms with Gasteiger partial charge in [0.25, 0.3) is 23.6 Å². The van der Waals surface area contributed by atoms with Gasteiger partial charge in [0.2, 0.25) is 11.8 Å². The van der Waals surface area contributed by atoms with Crippen molar-refractivity contribution in [2.45, 2.75) is 282 Å². The average Bonchev–Trinajstić information content (AvgIpc) is 1.69. The van der Waals surface area contributed by atoms with E-state index in [4.69, 9.17) is 18.9 Å². The summed E-state index contributed by atoms with van der Waals surface area (Å²) >= 11 is 0. The van der Waals surface area contributed by atoms with Crippen LogP contribution in [0.5, 0.6) is 11.5 Å². The van der Waals surface area contributed by atoms with Gasteiger partial charge in [-0.1, -0.05) is 123 Å². The van der Waals surface area contributed by atoms with Crippen molar-refractivity contribution in [1.82, 2.24) is 29.8 Å². The first-order chi connectivity index (χ1) is 42.3. The molecule has 3 unspecified atom stereocenters. The first kappa shape index (κ1) is 76.3. The smallest absolute Gasteiger partial charge is 0.255 e. The van der Waals surface area contributed by atoms with E-state index in [9.17, 15) is 28.8 Å². The van der Waals surface area contributed by atoms with Crippen LogP contribution >= 0.6 is 9.90 Å². The van der Waals surface area contributed by atoms with Gasteiger partial charge < -0.3 is 28.7 Å². The van der Waals surface area contributed by atoms with E-state index in [0.717, 1.165) is 35.3 Å². The Balaban J connectivity index is 0.000000263. The molecule has 6 heterocycles. The SMILES string of the molecule is C.CC1(C)OC(C)(C)C(C)(C)N(Cc2ccc(COc3cccc4c3CN(C3(C)C(=O)NC(=O)C(C)(C)C3(C)C)C4=O)cc2)C1(C)C.CN1C(=O)C(C)(C)C(C)(C)C(C)(N2Cc3c(OCc4ccc(CN5C(C)(C)C(C)(C)OC(C)(C)C5(C)C)cc4)cccc3C2=O)C1=O.P. The van der Waals surface area contributed by atoms with Gasteiger partial charge >= 0.3 is 0 Å². The van der Waals surface area contributed by atoms with Gasteiger partial charge in [0, 0.05) is 75.4 Å². The Labute approximate surface area is 572 Å². The highest BCUT2D eigenvalue weighted by Crippen LogP contribution is 2.58. The number of benzene rings is 4. The number of hydrogen-bond acceptors (Lipinski definition) is 12. The van der Waals surface area contributed by atoms with E-state index in [1.54, 1.807) is 35.8 Å². The number of carbonyl (C=O) groups excluding carboxylic acids is 6. The zero-order valence-corrected chi connectivity index (χ0v) is 63.3. The maximum absolute atomic E-state index is 13.9. The Morgan fingerprint density at radius 1 is 0.411 bits per heavy atom. The van der Waals surface area contributed by atoms with Crippen molar-refractivity contribution in [3.63, 3.8) is 0 Å². The van der Waals surface area contributed by atoms with E-state index in [2.05, 4.69) is 174 Å². The van der Waals surface area contributed by atoms with Crippen molar-refractivity contribution in [3.8, 4) is 11.5 Å². The summed E-state index contributed by atoms with van der Waals surface area (Å²) in [4.78, 5) is 90.5. The molecule has 4 aromatic carbocycles. The second-order valence-electron chi connectivity index (χ2n) is 33.8. The molecule has 95 heavy (non-hydrogen) atoms. The van der Waals surface area contributed by atoms with Crippen molar-refractivity contribution in [1.29, 1.82) is 0 Å². The van der Waals surface area contributed by atoms with Crippen LogP contribution in [0, 0.1) is 21.7 Å². The number of likely N-dealkylation sites (tertiary alicyclic amines) is 1. The van der Waals surface area contributed by atoms with E-state index < -0.39 is 38.6 Å². The fourth-order valence-electron chi connectivity index (χ4n) is 15.5. The summed E-state index contributed by atoms with van der Waals surface area (Å²) in [6.45, 7) is 56.8. The third-order valence-electron chi connectivity index (χ3n) is 26.4. The molecule has 6 amide bonds. The molecule has 16 nitrogen and oxygen atoms in total. The fourth-order valence-corrected chi connectivity index (χ4v) is 15.5. The third-order valence-corrected chi connectivity index (χ3v) is 26.4. The van der Waals surface area contributed by atoms with Crippen molar-refractivity contribution in [2.24, 2.45) is 21.7 Å². The summed E-state index contributed by atoms with van der Waals surface area (Å²) in [5.41, 5.74) is -1.06. The van der Waals surface area contributed by atoms with Crippen molar-refractivity contribution >= 4 is 45.3 Å². The van der Waals surface area contributed by atoms with Gasteiger partial charge in [-0.25, -0.2) is 0 Å². The normalized spacial score (nSPS) is 26.6. The van der Waals surface area contributed by atoms with E-state index in [0.29, 0.717) is 35.8 Å². The number of carbonyl (C=O) groups is 6. The second-order valence-corrected chi connectivity index (χ2v) is 33.8. The maximum atomic E-state index is 13.9. The number of likely N-dealkylation sites (N-methyl/N-ethyl adjacent to an activating group) is 1. The number of nitrogens with one attached hydrogen (secondary N) is 1. The summed E-state index contributed by atoms with van der Waals surface area (Å²) in [5, 5.41) is 2.54. The van der Waals surface area contributed by atoms with Gasteiger partial charge in [0.05, 0.1) is 46.3 Å². The molecule has 0 aliphatic carbocycles. The topological polar surface area (TPSA) is 168 Å². The van der Waals surface area contributed by atoms with Crippen molar-refractivity contribution in [3.05, 3.63) is 129 Å². The van der Waals surface area contributed by atoms with Gasteiger partial charge in [-0.2, -0.15) is 9.90 Å². The fraction of sp³-hybridized carbons (Fsp3) is 0.615. The molecule has 17 heteroatoms. The Morgan fingerprint density at radius 2 is 0.726 bits per heavy atom. The van der Waals surface area contributed by atoms with Crippen LogP contribution in [0.1, 0.15) is 242 Å². The molecular formula is C78H115N6O10P. The Morgan fingerprint density at radius 3 is 1.07 bits per heavy atom. The minimum Gasteiger partial charge on any atom is -0.489 e. The number of hydrogen-bond donors (Lipinski definition) is 1. The highest BCUT2D eigenvalue weighted by Gasteiger charge is 2.69. The molecule has 0 saturated carbocycles. The highest BCUT2D eigenvalue weighted by molar-refractivity contribution is 6.92. The highest BCUT2D eigenvalue weighted by atomic mass is 31.0. The molecule has 522 valence electrons. The molecule has 6 aliphatic heterocycles. The monoisotopic (exact) mass is 1330 g/mol. The third kappa shape index (κ3) is 11.3. The van der Waals surface area contributed by atoms with Gasteiger partial charge in [-0.05, 0) is 171 Å². The minimum atomic E-state index is -1.25. The number of morpholine rings is 2. The Bertz CT molecular complexity index is 3640. The second kappa shape index (κ2) is 24.2. The summed E-state index contributed by atoms with van der Waals surface area (Å²) in [5.74, 6) is -0.617. The van der Waals surface area contributed by atoms with Crippen LogP contribution in [0.2, 0.25) is 0 Å². The molecule has 4 fully saturated rings. The molecular weight excluding hydrogens is 1210 g/mol. The van der Waals surface area contributed by atoms with Crippen molar-refractivity contribution < 1.29 is 47.7 Å². The van der Waals surface area contributed by atoms with E-state index in [1.807, 2.05) is 79.7 Å². The first-order valence-corrected chi connectivity index (χ1v) is 33.2. The molecule has 4 aromatic rings. The number of nitrogens with zero attached hydrogens (tertiary/aromatic N) is 5. The quantitative estimate of drug-likeness (QED) is 0.105. The molecule has 0 bridgehead atoms. The van der Waals surface area contributed by atoms with E-state index in [1.165, 1.54) is 23.1 Å². The largest absolute Gasteiger partial charge is 0.489 e. The van der Waals surface area contributed by atoms with Gasteiger partial charge in [0.1, 0.15) is 35.8 Å². The predicted molar refractivity (Wildman–Crippen MR) is 381 cm³/mol. The van der Waals surface area contributed by atoms with Crippen LogP contribution in [0.25, 0.3) is 0 Å². The summed E-state index contributed by atoms with van der Waals surface area (Å²) < 4.78 is 26.0. The van der Waals surface area contributed by atoms with Crippen LogP contribution in [0.15, 0.2) is 84.9 Å². The molecule has 0 spiro atoms. The average molecular weight is 1330 g/mol. The lowest BCUT2D eigenvalue weighted by atomic mass is 9.54. The molecule has 0 radical (unpaired) electrons. The standard InChI is InChI=1S/C39H55N3O5.C38H53N3O5.CH4.H3P/c1-33(2)31(44)40(14)32(45)39(13,34(33,3)4)41-23-28-27(30(41)43)16-15-17-29(28)46-24-26-20-18-25(19-21-26)22-42-35(5,6)37(9,10)47-38(11,12)36(42,7)8;1-32(2)30(43)39-31(44)38(13,33(32,3)4)40-22-27-26(29(40)42)15-14-16-28(27)45-23-25-19-17-24(18-20-25)21-41-34(5,6)36(9,10)46-37(11,12)35(41,7)8;;/h15-21H,22-24H2,1-14H3;14-20H,21-23H2,1-13H3,(H,39,43,44);1H4;1H3. The number of amides is 6.